The molecule has 0 radical (unpaired) electrons. The Labute approximate surface area is 149 Å². The summed E-state index contributed by atoms with van der Waals surface area (Å²) in [7, 11) is 0. The first-order valence-electron chi connectivity index (χ1n) is 8.04. The maximum Gasteiger partial charge on any atom is 0.138 e. The van der Waals surface area contributed by atoms with E-state index in [9.17, 15) is 5.11 Å². The lowest BCUT2D eigenvalue weighted by molar-refractivity contribution is 0.369. The standard InChI is InChI=1S/C19H22ClNO.ClH/c20-18-12-15(14-7-3-1-4-8-14)11-16(19(18)22)13-21-17-9-5-2-6-10-17;/h1,3-4,7-8,11-12,17,21-22H,2,5-6,9-10,13H2;1H. The average Bonchev–Trinajstić information content (AvgIpc) is 2.58. The Bertz CT molecular complexity index is 625. The molecule has 1 aliphatic carbocycles. The molecule has 2 aromatic rings. The predicted molar refractivity (Wildman–Crippen MR) is 99.5 cm³/mol. The summed E-state index contributed by atoms with van der Waals surface area (Å²) in [5.41, 5.74) is 3.03. The van der Waals surface area contributed by atoms with Crippen LogP contribution in [-0.2, 0) is 6.54 Å². The van der Waals surface area contributed by atoms with Crippen LogP contribution in [0.2, 0.25) is 5.02 Å². The van der Waals surface area contributed by atoms with E-state index in [4.69, 9.17) is 11.6 Å². The van der Waals surface area contributed by atoms with Crippen molar-refractivity contribution >= 4 is 24.0 Å². The van der Waals surface area contributed by atoms with Crippen molar-refractivity contribution in [1.29, 1.82) is 0 Å². The molecular weight excluding hydrogens is 329 g/mol. The van der Waals surface area contributed by atoms with Crippen molar-refractivity contribution in [1.82, 2.24) is 5.32 Å². The molecular formula is C19H23Cl2NO. The monoisotopic (exact) mass is 351 g/mol. The summed E-state index contributed by atoms with van der Waals surface area (Å²) in [5, 5.41) is 14.2. The smallest absolute Gasteiger partial charge is 0.138 e. The van der Waals surface area contributed by atoms with Gasteiger partial charge in [-0.05, 0) is 36.1 Å². The van der Waals surface area contributed by atoms with Crippen molar-refractivity contribution in [2.45, 2.75) is 44.7 Å². The van der Waals surface area contributed by atoms with E-state index < -0.39 is 0 Å². The number of hydrogen-bond acceptors (Lipinski definition) is 2. The van der Waals surface area contributed by atoms with Gasteiger partial charge in [-0.1, -0.05) is 61.2 Å². The zero-order valence-electron chi connectivity index (χ0n) is 13.1. The van der Waals surface area contributed by atoms with E-state index in [1.54, 1.807) is 0 Å². The van der Waals surface area contributed by atoms with E-state index in [1.165, 1.54) is 32.1 Å². The fraction of sp³-hybridized carbons (Fsp3) is 0.368. The number of nitrogens with one attached hydrogen (secondary N) is 1. The van der Waals surface area contributed by atoms with E-state index in [1.807, 2.05) is 30.3 Å². The fourth-order valence-electron chi connectivity index (χ4n) is 3.15. The van der Waals surface area contributed by atoms with Crippen LogP contribution in [0.3, 0.4) is 0 Å². The Kier molecular flexibility index (Phi) is 6.76. The van der Waals surface area contributed by atoms with Crippen molar-refractivity contribution in [3.05, 3.63) is 53.1 Å². The lowest BCUT2D eigenvalue weighted by Crippen LogP contribution is -2.30. The van der Waals surface area contributed by atoms with Crippen molar-refractivity contribution in [3.63, 3.8) is 0 Å². The minimum Gasteiger partial charge on any atom is -0.506 e. The summed E-state index contributed by atoms with van der Waals surface area (Å²) in [6.07, 6.45) is 6.40. The molecule has 23 heavy (non-hydrogen) atoms. The summed E-state index contributed by atoms with van der Waals surface area (Å²) in [6.45, 7) is 0.664. The summed E-state index contributed by atoms with van der Waals surface area (Å²) < 4.78 is 0. The Morgan fingerprint density at radius 2 is 1.70 bits per heavy atom. The van der Waals surface area contributed by atoms with Gasteiger partial charge >= 0.3 is 0 Å². The topological polar surface area (TPSA) is 32.3 Å². The third-order valence-corrected chi connectivity index (χ3v) is 4.72. The highest BCUT2D eigenvalue weighted by Crippen LogP contribution is 2.33. The number of rotatable bonds is 4. The molecule has 3 rings (SSSR count). The first-order valence-corrected chi connectivity index (χ1v) is 8.42. The van der Waals surface area contributed by atoms with Crippen LogP contribution in [0.4, 0.5) is 0 Å². The van der Waals surface area contributed by atoms with Gasteiger partial charge in [-0.15, -0.1) is 12.4 Å². The third-order valence-electron chi connectivity index (χ3n) is 4.44. The zero-order valence-corrected chi connectivity index (χ0v) is 14.7. The van der Waals surface area contributed by atoms with Crippen LogP contribution < -0.4 is 5.32 Å². The highest BCUT2D eigenvalue weighted by Gasteiger charge is 2.15. The van der Waals surface area contributed by atoms with Gasteiger partial charge in [0.25, 0.3) is 0 Å². The van der Waals surface area contributed by atoms with E-state index in [0.29, 0.717) is 17.6 Å². The molecule has 0 saturated heterocycles. The van der Waals surface area contributed by atoms with Crippen LogP contribution in [-0.4, -0.2) is 11.1 Å². The van der Waals surface area contributed by atoms with Gasteiger partial charge in [-0.3, -0.25) is 0 Å². The Hall–Kier alpha value is -1.22. The second-order valence-corrected chi connectivity index (χ2v) is 6.45. The van der Waals surface area contributed by atoms with Gasteiger partial charge in [0.15, 0.2) is 0 Å². The number of hydrogen-bond donors (Lipinski definition) is 2. The third kappa shape index (κ3) is 4.63. The minimum absolute atomic E-state index is 0. The largest absolute Gasteiger partial charge is 0.506 e. The highest BCUT2D eigenvalue weighted by atomic mass is 35.5. The number of benzene rings is 2. The minimum atomic E-state index is 0. The molecule has 2 nitrogen and oxygen atoms in total. The highest BCUT2D eigenvalue weighted by molar-refractivity contribution is 6.32. The summed E-state index contributed by atoms with van der Waals surface area (Å²) >= 11 is 6.21. The fourth-order valence-corrected chi connectivity index (χ4v) is 3.39. The van der Waals surface area contributed by atoms with Gasteiger partial charge < -0.3 is 10.4 Å². The number of phenols is 1. The molecule has 1 saturated carbocycles. The molecule has 1 aliphatic rings. The van der Waals surface area contributed by atoms with Crippen LogP contribution in [0.15, 0.2) is 42.5 Å². The van der Waals surface area contributed by atoms with Gasteiger partial charge in [0, 0.05) is 18.2 Å². The van der Waals surface area contributed by atoms with Crippen LogP contribution in [0.1, 0.15) is 37.7 Å². The van der Waals surface area contributed by atoms with Crippen LogP contribution in [0.5, 0.6) is 5.75 Å². The van der Waals surface area contributed by atoms with Crippen molar-refractivity contribution < 1.29 is 5.11 Å². The molecule has 0 aromatic heterocycles. The Morgan fingerprint density at radius 1 is 1.00 bits per heavy atom. The predicted octanol–water partition coefficient (Wildman–Crippen LogP) is 5.56. The molecule has 0 amide bonds. The van der Waals surface area contributed by atoms with E-state index in [-0.39, 0.29) is 18.2 Å². The molecule has 0 bridgehead atoms. The van der Waals surface area contributed by atoms with Crippen molar-refractivity contribution in [2.75, 3.05) is 0 Å². The molecule has 0 unspecified atom stereocenters. The summed E-state index contributed by atoms with van der Waals surface area (Å²) in [4.78, 5) is 0. The normalized spacial score (nSPS) is 15.2. The quantitative estimate of drug-likeness (QED) is 0.755. The Balaban J connectivity index is 0.00000192. The second-order valence-electron chi connectivity index (χ2n) is 6.05. The van der Waals surface area contributed by atoms with Gasteiger partial charge in [-0.25, -0.2) is 0 Å². The lowest BCUT2D eigenvalue weighted by atomic mass is 9.95. The molecule has 124 valence electrons. The Morgan fingerprint density at radius 3 is 2.39 bits per heavy atom. The average molecular weight is 352 g/mol. The number of aromatic hydroxyl groups is 1. The second kappa shape index (κ2) is 8.58. The lowest BCUT2D eigenvalue weighted by Gasteiger charge is -2.23. The molecule has 0 spiro atoms. The molecule has 4 heteroatoms. The van der Waals surface area contributed by atoms with Gasteiger partial charge in [0.2, 0.25) is 0 Å². The van der Waals surface area contributed by atoms with Gasteiger partial charge in [0.05, 0.1) is 5.02 Å². The van der Waals surface area contributed by atoms with Gasteiger partial charge in [-0.2, -0.15) is 0 Å². The van der Waals surface area contributed by atoms with E-state index >= 15 is 0 Å². The maximum absolute atomic E-state index is 10.2. The van der Waals surface area contributed by atoms with E-state index in [0.717, 1.165) is 16.7 Å². The van der Waals surface area contributed by atoms with Gasteiger partial charge in [0.1, 0.15) is 5.75 Å². The maximum atomic E-state index is 10.2. The molecule has 2 aromatic carbocycles. The first-order chi connectivity index (χ1) is 10.7. The number of phenolic OH excluding ortho intramolecular Hbond substituents is 1. The molecule has 2 N–H and O–H groups in total. The molecule has 0 aliphatic heterocycles. The zero-order chi connectivity index (χ0) is 15.4. The van der Waals surface area contributed by atoms with Crippen molar-refractivity contribution in [3.8, 4) is 16.9 Å². The number of halogens is 2. The van der Waals surface area contributed by atoms with E-state index in [2.05, 4.69) is 17.4 Å². The van der Waals surface area contributed by atoms with Crippen LogP contribution in [0.25, 0.3) is 11.1 Å². The molecule has 0 heterocycles. The SMILES string of the molecule is Cl.Oc1c(Cl)cc(-c2ccccc2)cc1CNC1CCCCC1. The van der Waals surface area contributed by atoms with Crippen molar-refractivity contribution in [2.24, 2.45) is 0 Å². The molecule has 0 atom stereocenters. The molecule has 1 fully saturated rings. The van der Waals surface area contributed by atoms with Crippen LogP contribution >= 0.6 is 24.0 Å². The first kappa shape index (κ1) is 18.1. The summed E-state index contributed by atoms with van der Waals surface area (Å²) in [6, 6.07) is 14.6. The van der Waals surface area contributed by atoms with Crippen LogP contribution in [0, 0.1) is 0 Å². The summed E-state index contributed by atoms with van der Waals surface area (Å²) in [5.74, 6) is 0.199.